The average Bonchev–Trinajstić information content (AvgIpc) is 2.96. The van der Waals surface area contributed by atoms with Gasteiger partial charge in [0.1, 0.15) is 0 Å². The zero-order valence-electron chi connectivity index (χ0n) is 9.11. The van der Waals surface area contributed by atoms with Crippen LogP contribution >= 0.6 is 0 Å². The van der Waals surface area contributed by atoms with Gasteiger partial charge in [0.15, 0.2) is 5.82 Å². The van der Waals surface area contributed by atoms with Crippen LogP contribution in [0.2, 0.25) is 0 Å². The van der Waals surface area contributed by atoms with Crippen molar-refractivity contribution in [2.75, 3.05) is 6.54 Å². The summed E-state index contributed by atoms with van der Waals surface area (Å²) in [5.74, 6) is 0.464. The van der Waals surface area contributed by atoms with E-state index in [9.17, 15) is 4.79 Å². The lowest BCUT2D eigenvalue weighted by molar-refractivity contribution is -0.120. The number of aromatic nitrogens is 2. The third kappa shape index (κ3) is 3.30. The van der Waals surface area contributed by atoms with Crippen molar-refractivity contribution in [1.82, 2.24) is 20.8 Å². The zero-order valence-corrected chi connectivity index (χ0v) is 9.11. The van der Waals surface area contributed by atoms with E-state index in [1.165, 1.54) is 32.1 Å². The molecular formula is C10H16N4O2. The van der Waals surface area contributed by atoms with Crippen LogP contribution in [0.3, 0.4) is 0 Å². The molecule has 88 valence electrons. The molecule has 2 rings (SSSR count). The van der Waals surface area contributed by atoms with Gasteiger partial charge in [0.25, 0.3) is 0 Å². The van der Waals surface area contributed by atoms with Gasteiger partial charge in [-0.15, -0.1) is 0 Å². The molecule has 0 bridgehead atoms. The lowest BCUT2D eigenvalue weighted by atomic mass is 10.2. The Morgan fingerprint density at radius 2 is 2.31 bits per heavy atom. The first-order chi connectivity index (χ1) is 7.84. The van der Waals surface area contributed by atoms with Crippen molar-refractivity contribution in [2.24, 2.45) is 0 Å². The van der Waals surface area contributed by atoms with Crippen LogP contribution in [0.15, 0.2) is 10.9 Å². The van der Waals surface area contributed by atoms with Crippen LogP contribution in [0.4, 0.5) is 0 Å². The smallest absolute Gasteiger partial charge is 0.234 e. The summed E-state index contributed by atoms with van der Waals surface area (Å²) in [6.45, 7) is 0.685. The predicted octanol–water partition coefficient (Wildman–Crippen LogP) is 0.218. The highest BCUT2D eigenvalue weighted by Crippen LogP contribution is 2.17. The molecule has 16 heavy (non-hydrogen) atoms. The number of hydrogen-bond acceptors (Lipinski definition) is 5. The molecule has 1 aromatic rings. The molecule has 6 nitrogen and oxygen atoms in total. The minimum Gasteiger partial charge on any atom is -0.348 e. The topological polar surface area (TPSA) is 80.0 Å². The maximum absolute atomic E-state index is 11.4. The standard InChI is InChI=1S/C10H16N4O2/c15-10(6-11-8-3-1-2-4-8)12-5-9-13-7-16-14-9/h7-8,11H,1-6H2,(H,12,15). The molecule has 1 amide bonds. The lowest BCUT2D eigenvalue weighted by Crippen LogP contribution is -2.37. The quantitative estimate of drug-likeness (QED) is 0.747. The number of carbonyl (C=O) groups is 1. The highest BCUT2D eigenvalue weighted by atomic mass is 16.5. The summed E-state index contributed by atoms with van der Waals surface area (Å²) in [7, 11) is 0. The van der Waals surface area contributed by atoms with Crippen molar-refractivity contribution in [3.05, 3.63) is 12.2 Å². The molecule has 1 saturated carbocycles. The molecule has 2 N–H and O–H groups in total. The first kappa shape index (κ1) is 11.1. The molecule has 0 aromatic carbocycles. The van der Waals surface area contributed by atoms with Gasteiger partial charge in [-0.3, -0.25) is 4.79 Å². The van der Waals surface area contributed by atoms with E-state index in [4.69, 9.17) is 0 Å². The Labute approximate surface area is 93.8 Å². The Kier molecular flexibility index (Phi) is 3.87. The van der Waals surface area contributed by atoms with E-state index in [1.54, 1.807) is 0 Å². The molecule has 0 spiro atoms. The normalized spacial score (nSPS) is 16.5. The summed E-state index contributed by atoms with van der Waals surface area (Å²) in [5, 5.41) is 9.56. The lowest BCUT2D eigenvalue weighted by Gasteiger charge is -2.10. The number of rotatable bonds is 5. The molecule has 0 atom stereocenters. The Morgan fingerprint density at radius 1 is 1.50 bits per heavy atom. The largest absolute Gasteiger partial charge is 0.348 e. The van der Waals surface area contributed by atoms with Crippen molar-refractivity contribution >= 4 is 5.91 Å². The summed E-state index contributed by atoms with van der Waals surface area (Å²) >= 11 is 0. The van der Waals surface area contributed by atoms with Crippen LogP contribution < -0.4 is 10.6 Å². The van der Waals surface area contributed by atoms with Gasteiger partial charge in [-0.25, -0.2) is 0 Å². The molecule has 1 aliphatic carbocycles. The van der Waals surface area contributed by atoms with E-state index in [0.29, 0.717) is 25.0 Å². The van der Waals surface area contributed by atoms with Gasteiger partial charge < -0.3 is 15.2 Å². The third-order valence-electron chi connectivity index (χ3n) is 2.76. The Bertz CT molecular complexity index is 320. The van der Waals surface area contributed by atoms with Gasteiger partial charge in [0.05, 0.1) is 13.1 Å². The summed E-state index contributed by atoms with van der Waals surface area (Å²) < 4.78 is 4.56. The van der Waals surface area contributed by atoms with Gasteiger partial charge in [0, 0.05) is 6.04 Å². The number of carbonyl (C=O) groups excluding carboxylic acids is 1. The van der Waals surface area contributed by atoms with Crippen LogP contribution in [0.5, 0.6) is 0 Å². The average molecular weight is 224 g/mol. The molecule has 1 heterocycles. The molecular weight excluding hydrogens is 208 g/mol. The number of nitrogens with one attached hydrogen (secondary N) is 2. The molecule has 0 unspecified atom stereocenters. The van der Waals surface area contributed by atoms with E-state index >= 15 is 0 Å². The molecule has 1 aromatic heterocycles. The third-order valence-corrected chi connectivity index (χ3v) is 2.76. The van der Waals surface area contributed by atoms with Crippen LogP contribution in [-0.2, 0) is 11.3 Å². The fourth-order valence-electron chi connectivity index (χ4n) is 1.88. The molecule has 6 heteroatoms. The van der Waals surface area contributed by atoms with Crippen LogP contribution in [0.25, 0.3) is 0 Å². The monoisotopic (exact) mass is 224 g/mol. The maximum Gasteiger partial charge on any atom is 0.234 e. The van der Waals surface area contributed by atoms with Crippen LogP contribution in [-0.4, -0.2) is 28.6 Å². The summed E-state index contributed by atoms with van der Waals surface area (Å²) in [6.07, 6.45) is 6.14. The number of hydrogen-bond donors (Lipinski definition) is 2. The second kappa shape index (κ2) is 5.60. The van der Waals surface area contributed by atoms with Crippen molar-refractivity contribution in [3.63, 3.8) is 0 Å². The van der Waals surface area contributed by atoms with Gasteiger partial charge in [-0.2, -0.15) is 4.98 Å². The van der Waals surface area contributed by atoms with Crippen molar-refractivity contribution < 1.29 is 9.32 Å². The maximum atomic E-state index is 11.4. The van der Waals surface area contributed by atoms with E-state index in [2.05, 4.69) is 25.3 Å². The number of amides is 1. The molecule has 1 fully saturated rings. The minimum atomic E-state index is -0.0308. The van der Waals surface area contributed by atoms with Crippen LogP contribution in [0.1, 0.15) is 31.5 Å². The fourth-order valence-corrected chi connectivity index (χ4v) is 1.88. The molecule has 0 aliphatic heterocycles. The Morgan fingerprint density at radius 3 is 3.00 bits per heavy atom. The fraction of sp³-hybridized carbons (Fsp3) is 0.700. The summed E-state index contributed by atoms with van der Waals surface area (Å²) in [4.78, 5) is 15.2. The Hall–Kier alpha value is -1.43. The van der Waals surface area contributed by atoms with Crippen LogP contribution in [0, 0.1) is 0 Å². The van der Waals surface area contributed by atoms with E-state index in [0.717, 1.165) is 0 Å². The van der Waals surface area contributed by atoms with E-state index < -0.39 is 0 Å². The van der Waals surface area contributed by atoms with Gasteiger partial charge in [0.2, 0.25) is 12.3 Å². The van der Waals surface area contributed by atoms with Gasteiger partial charge >= 0.3 is 0 Å². The molecule has 1 aliphatic rings. The van der Waals surface area contributed by atoms with Gasteiger partial charge in [-0.05, 0) is 12.8 Å². The Balaban J connectivity index is 1.60. The van der Waals surface area contributed by atoms with Crippen molar-refractivity contribution in [2.45, 2.75) is 38.3 Å². The van der Waals surface area contributed by atoms with Gasteiger partial charge in [-0.1, -0.05) is 18.0 Å². The molecule has 0 radical (unpaired) electrons. The minimum absolute atomic E-state index is 0.0308. The highest BCUT2D eigenvalue weighted by Gasteiger charge is 2.15. The predicted molar refractivity (Wildman–Crippen MR) is 56.4 cm³/mol. The van der Waals surface area contributed by atoms with E-state index in [-0.39, 0.29) is 5.91 Å². The summed E-state index contributed by atoms with van der Waals surface area (Å²) in [6, 6.07) is 0.510. The van der Waals surface area contributed by atoms with Crippen molar-refractivity contribution in [3.8, 4) is 0 Å². The SMILES string of the molecule is O=C(CNC1CCCC1)NCc1ncon1. The highest BCUT2D eigenvalue weighted by molar-refractivity contribution is 5.77. The summed E-state index contributed by atoms with van der Waals surface area (Å²) in [5.41, 5.74) is 0. The molecule has 0 saturated heterocycles. The van der Waals surface area contributed by atoms with Crippen molar-refractivity contribution in [1.29, 1.82) is 0 Å². The second-order valence-electron chi connectivity index (χ2n) is 3.99. The zero-order chi connectivity index (χ0) is 11.2. The number of nitrogens with zero attached hydrogens (tertiary/aromatic N) is 2. The van der Waals surface area contributed by atoms with E-state index in [1.807, 2.05) is 0 Å². The first-order valence-corrected chi connectivity index (χ1v) is 5.60. The second-order valence-corrected chi connectivity index (χ2v) is 3.99. The first-order valence-electron chi connectivity index (χ1n) is 5.60.